The van der Waals surface area contributed by atoms with Crippen molar-refractivity contribution in [1.82, 2.24) is 31.5 Å². The second-order valence-electron chi connectivity index (χ2n) is 16.5. The van der Waals surface area contributed by atoms with Crippen LogP contribution in [0.25, 0.3) is 0 Å². The van der Waals surface area contributed by atoms with Crippen LogP contribution in [0.15, 0.2) is 97.1 Å². The fourth-order valence-electron chi connectivity index (χ4n) is 7.21. The second-order valence-corrected chi connectivity index (χ2v) is 18.9. The summed E-state index contributed by atoms with van der Waals surface area (Å²) in [6.07, 6.45) is 3.90. The van der Waals surface area contributed by atoms with E-state index in [0.29, 0.717) is 18.0 Å². The van der Waals surface area contributed by atoms with Crippen molar-refractivity contribution in [1.29, 1.82) is 0 Å². The Morgan fingerprint density at radius 2 is 1.37 bits per heavy atom. The molecular formula is C47H60ClN7O6S. The van der Waals surface area contributed by atoms with Crippen molar-refractivity contribution in [3.05, 3.63) is 135 Å². The van der Waals surface area contributed by atoms with Gasteiger partial charge in [0, 0.05) is 48.9 Å². The molecule has 13 nitrogen and oxygen atoms in total. The number of carbonyl (C=O) groups excluding carboxylic acids is 4. The van der Waals surface area contributed by atoms with Gasteiger partial charge in [0.25, 0.3) is 11.8 Å². The first-order chi connectivity index (χ1) is 29.5. The predicted octanol–water partition coefficient (Wildman–Crippen LogP) is 5.60. The molecule has 15 heteroatoms. The molecule has 332 valence electrons. The van der Waals surface area contributed by atoms with E-state index in [4.69, 9.17) is 11.6 Å². The van der Waals surface area contributed by atoms with Crippen LogP contribution in [0.3, 0.4) is 0 Å². The summed E-state index contributed by atoms with van der Waals surface area (Å²) in [5.74, 6) is -1.93. The number of carbonyl (C=O) groups is 4. The van der Waals surface area contributed by atoms with E-state index in [1.54, 1.807) is 32.0 Å². The highest BCUT2D eigenvalue weighted by atomic mass is 35.5. The number of nitrogens with one attached hydrogen (secondary N) is 5. The highest BCUT2D eigenvalue weighted by molar-refractivity contribution is 7.92. The molecule has 1 aliphatic rings. The average molecular weight is 887 g/mol. The summed E-state index contributed by atoms with van der Waals surface area (Å²) in [6.45, 7) is 10.9. The van der Waals surface area contributed by atoms with Crippen LogP contribution in [0.1, 0.15) is 89.5 Å². The molecule has 1 aliphatic heterocycles. The van der Waals surface area contributed by atoms with E-state index in [2.05, 4.69) is 43.6 Å². The van der Waals surface area contributed by atoms with Crippen molar-refractivity contribution >= 4 is 50.9 Å². The summed E-state index contributed by atoms with van der Waals surface area (Å²) in [5.41, 5.74) is 4.16. The standard InChI is InChI=1S/C47H60ClN7O6S/c1-31(2)43(47(59)50-28-35-17-19-36(20-18-35)30-55-21-10-11-22-55)53-44(56)33(4)49-29-41(23-34-13-8-7-9-14-34)52-46(58)39-24-38(26-42(27-39)54(5)62(6,60)61)45(57)51-32(3)37-15-12-16-40(48)25-37/h7-9,12-20,24-27,31-33,41,43,49H,10-11,21-23,28-30H2,1-6H3,(H,50,59)(H,51,57)(H,52,58)(H,53,56)/t32-,33+,41+,43+/m1/s1. The molecule has 5 rings (SSSR count). The number of anilines is 1. The van der Waals surface area contributed by atoms with Crippen molar-refractivity contribution in [2.24, 2.45) is 5.92 Å². The molecule has 0 radical (unpaired) electrons. The Hall–Kier alpha value is -5.28. The Balaban J connectivity index is 1.25. The lowest BCUT2D eigenvalue weighted by Crippen LogP contribution is -2.55. The van der Waals surface area contributed by atoms with E-state index in [9.17, 15) is 27.6 Å². The quantitative estimate of drug-likeness (QED) is 0.0765. The topological polar surface area (TPSA) is 169 Å². The highest BCUT2D eigenvalue weighted by Crippen LogP contribution is 2.23. The van der Waals surface area contributed by atoms with Crippen LogP contribution in [-0.4, -0.2) is 88.0 Å². The summed E-state index contributed by atoms with van der Waals surface area (Å²) in [6, 6.07) is 26.5. The third kappa shape index (κ3) is 14.1. The van der Waals surface area contributed by atoms with E-state index in [-0.39, 0.29) is 41.1 Å². The van der Waals surface area contributed by atoms with Crippen molar-refractivity contribution in [2.75, 3.05) is 37.2 Å². The molecule has 1 fully saturated rings. The number of rotatable bonds is 20. The summed E-state index contributed by atoms with van der Waals surface area (Å²) >= 11 is 6.18. The SMILES string of the molecule is CC(C)[C@H](NC(=O)[C@H](C)NC[C@H](Cc1ccccc1)NC(=O)c1cc(C(=O)N[C@H](C)c2cccc(Cl)c2)cc(N(C)S(C)(=O)=O)c1)C(=O)NCc1ccc(CN2CCCC2)cc1. The van der Waals surface area contributed by atoms with Crippen molar-refractivity contribution in [2.45, 2.75) is 84.2 Å². The van der Waals surface area contributed by atoms with Gasteiger partial charge in [-0.05, 0) is 105 Å². The van der Waals surface area contributed by atoms with Gasteiger partial charge < -0.3 is 26.6 Å². The molecule has 4 amide bonds. The minimum Gasteiger partial charge on any atom is -0.350 e. The molecule has 62 heavy (non-hydrogen) atoms. The molecule has 4 aromatic carbocycles. The molecule has 1 saturated heterocycles. The first kappa shape index (κ1) is 47.8. The molecule has 0 spiro atoms. The minimum absolute atomic E-state index is 0.0613. The second kappa shape index (κ2) is 22.2. The van der Waals surface area contributed by atoms with E-state index in [1.165, 1.54) is 43.7 Å². The molecule has 1 heterocycles. The lowest BCUT2D eigenvalue weighted by Gasteiger charge is -2.26. The van der Waals surface area contributed by atoms with E-state index >= 15 is 0 Å². The maximum Gasteiger partial charge on any atom is 0.251 e. The number of likely N-dealkylation sites (tertiary alicyclic amines) is 1. The van der Waals surface area contributed by atoms with Gasteiger partial charge in [-0.3, -0.25) is 28.4 Å². The Labute approximate surface area is 371 Å². The van der Waals surface area contributed by atoms with E-state index in [1.807, 2.05) is 62.4 Å². The number of nitrogens with zero attached hydrogens (tertiary/aromatic N) is 2. The van der Waals surface area contributed by atoms with Gasteiger partial charge in [-0.25, -0.2) is 8.42 Å². The Bertz CT molecular complexity index is 2270. The summed E-state index contributed by atoms with van der Waals surface area (Å²) < 4.78 is 26.2. The smallest absolute Gasteiger partial charge is 0.251 e. The third-order valence-corrected chi connectivity index (χ3v) is 12.5. The molecular weight excluding hydrogens is 826 g/mol. The van der Waals surface area contributed by atoms with Crippen LogP contribution >= 0.6 is 11.6 Å². The Morgan fingerprint density at radius 3 is 1.98 bits per heavy atom. The van der Waals surface area contributed by atoms with Crippen LogP contribution in [0.5, 0.6) is 0 Å². The fourth-order valence-corrected chi connectivity index (χ4v) is 7.90. The normalized spacial score (nSPS) is 15.0. The van der Waals surface area contributed by atoms with Gasteiger partial charge >= 0.3 is 0 Å². The number of halogens is 1. The van der Waals surface area contributed by atoms with Crippen LogP contribution in [0.2, 0.25) is 5.02 Å². The maximum atomic E-state index is 14.1. The van der Waals surface area contributed by atoms with Gasteiger partial charge in [-0.1, -0.05) is 92.2 Å². The lowest BCUT2D eigenvalue weighted by atomic mass is 10.0. The predicted molar refractivity (Wildman–Crippen MR) is 245 cm³/mol. The largest absolute Gasteiger partial charge is 0.350 e. The Kier molecular flexibility index (Phi) is 17.1. The fraction of sp³-hybridized carbons (Fsp3) is 0.404. The first-order valence-electron chi connectivity index (χ1n) is 21.1. The molecule has 0 saturated carbocycles. The summed E-state index contributed by atoms with van der Waals surface area (Å²) in [4.78, 5) is 57.1. The zero-order valence-electron chi connectivity index (χ0n) is 36.4. The molecule has 5 N–H and O–H groups in total. The highest BCUT2D eigenvalue weighted by Gasteiger charge is 2.27. The van der Waals surface area contributed by atoms with Gasteiger partial charge in [0.1, 0.15) is 6.04 Å². The maximum absolute atomic E-state index is 14.1. The zero-order chi connectivity index (χ0) is 45.0. The summed E-state index contributed by atoms with van der Waals surface area (Å²) in [5, 5.41) is 15.6. The summed E-state index contributed by atoms with van der Waals surface area (Å²) in [7, 11) is -2.42. The number of hydrogen-bond acceptors (Lipinski definition) is 8. The van der Waals surface area contributed by atoms with Crippen molar-refractivity contribution < 1.29 is 27.6 Å². The third-order valence-electron chi connectivity index (χ3n) is 11.1. The molecule has 0 unspecified atom stereocenters. The number of hydrogen-bond donors (Lipinski definition) is 5. The van der Waals surface area contributed by atoms with E-state index in [0.717, 1.165) is 46.9 Å². The molecule has 4 aromatic rings. The molecule has 0 aromatic heterocycles. The average Bonchev–Trinajstić information content (AvgIpc) is 3.76. The van der Waals surface area contributed by atoms with Gasteiger partial charge in [0.2, 0.25) is 21.8 Å². The molecule has 0 aliphatic carbocycles. The monoisotopic (exact) mass is 885 g/mol. The van der Waals surface area contributed by atoms with Crippen molar-refractivity contribution in [3.63, 3.8) is 0 Å². The molecule has 4 atom stereocenters. The van der Waals surface area contributed by atoms with Crippen molar-refractivity contribution in [3.8, 4) is 0 Å². The first-order valence-corrected chi connectivity index (χ1v) is 23.3. The lowest BCUT2D eigenvalue weighted by molar-refractivity contribution is -0.131. The number of sulfonamides is 1. The van der Waals surface area contributed by atoms with Crippen LogP contribution in [0.4, 0.5) is 5.69 Å². The minimum atomic E-state index is -3.76. The molecule has 0 bridgehead atoms. The van der Waals surface area contributed by atoms with Gasteiger partial charge in [0.15, 0.2) is 0 Å². The van der Waals surface area contributed by atoms with Gasteiger partial charge in [-0.2, -0.15) is 0 Å². The van der Waals surface area contributed by atoms with Crippen LogP contribution in [-0.2, 0) is 39.1 Å². The number of amides is 4. The zero-order valence-corrected chi connectivity index (χ0v) is 38.0. The van der Waals surface area contributed by atoms with Crippen LogP contribution < -0.4 is 30.9 Å². The Morgan fingerprint density at radius 1 is 0.742 bits per heavy atom. The van der Waals surface area contributed by atoms with Gasteiger partial charge in [0.05, 0.1) is 24.0 Å². The van der Waals surface area contributed by atoms with E-state index < -0.39 is 46.0 Å². The van der Waals surface area contributed by atoms with Crippen LogP contribution in [0, 0.1) is 5.92 Å². The van der Waals surface area contributed by atoms with Gasteiger partial charge in [-0.15, -0.1) is 0 Å². The number of benzene rings is 4.